The van der Waals surface area contributed by atoms with Gasteiger partial charge >= 0.3 is 0 Å². The van der Waals surface area contributed by atoms with Crippen LogP contribution in [0.2, 0.25) is 0 Å². The van der Waals surface area contributed by atoms with Gasteiger partial charge in [-0.2, -0.15) is 11.8 Å². The summed E-state index contributed by atoms with van der Waals surface area (Å²) in [6, 6.07) is 2.35. The molecule has 2 heterocycles. The lowest BCUT2D eigenvalue weighted by Crippen LogP contribution is -2.41. The number of nitrogens with zero attached hydrogens (tertiary/aromatic N) is 3. The Kier molecular flexibility index (Phi) is 4.62. The van der Waals surface area contributed by atoms with Gasteiger partial charge in [0.15, 0.2) is 5.82 Å². The molecule has 0 aliphatic carbocycles. The van der Waals surface area contributed by atoms with Crippen LogP contribution in [0.4, 0.5) is 11.6 Å². The molecule has 6 nitrogen and oxygen atoms in total. The molecule has 1 aromatic rings. The summed E-state index contributed by atoms with van der Waals surface area (Å²) in [5.41, 5.74) is 2.58. The van der Waals surface area contributed by atoms with Crippen molar-refractivity contribution < 1.29 is 4.74 Å². The molecule has 0 spiro atoms. The van der Waals surface area contributed by atoms with Crippen LogP contribution in [0.15, 0.2) is 6.07 Å². The minimum absolute atomic E-state index is 0.388. The van der Waals surface area contributed by atoms with E-state index >= 15 is 0 Å². The molecule has 1 saturated heterocycles. The third-order valence-electron chi connectivity index (χ3n) is 2.84. The number of nitrogens with two attached hydrogens (primary N) is 1. The van der Waals surface area contributed by atoms with Gasteiger partial charge in [0, 0.05) is 37.3 Å². The number of nitrogen functional groups attached to an aromatic ring is 1. The molecular formula is C11H19N5OS. The standard InChI is InChI=1S/C11H19N5OS/c1-8-7-18-4-3-16(8)11-5-9(15-12)13-10(14-11)6-17-2/h5,8H,3-4,6-7,12H2,1-2H3,(H,13,14,15). The van der Waals surface area contributed by atoms with Crippen LogP contribution in [-0.2, 0) is 11.3 Å². The molecule has 1 atom stereocenters. The number of anilines is 2. The monoisotopic (exact) mass is 269 g/mol. The first-order valence-electron chi connectivity index (χ1n) is 5.92. The second-order valence-electron chi connectivity index (χ2n) is 4.22. The average Bonchev–Trinajstić information content (AvgIpc) is 2.39. The van der Waals surface area contributed by atoms with Gasteiger partial charge in [-0.05, 0) is 6.92 Å². The molecule has 1 aliphatic rings. The molecule has 1 aliphatic heterocycles. The van der Waals surface area contributed by atoms with Crippen molar-refractivity contribution in [1.82, 2.24) is 9.97 Å². The molecule has 1 unspecified atom stereocenters. The van der Waals surface area contributed by atoms with Crippen molar-refractivity contribution in [3.63, 3.8) is 0 Å². The van der Waals surface area contributed by atoms with Crippen molar-refractivity contribution in [3.8, 4) is 0 Å². The van der Waals surface area contributed by atoms with Gasteiger partial charge in [0.1, 0.15) is 18.2 Å². The first-order valence-corrected chi connectivity index (χ1v) is 7.08. The molecule has 3 N–H and O–H groups in total. The van der Waals surface area contributed by atoms with E-state index in [1.54, 1.807) is 7.11 Å². The summed E-state index contributed by atoms with van der Waals surface area (Å²) in [6.45, 7) is 3.60. The number of methoxy groups -OCH3 is 1. The highest BCUT2D eigenvalue weighted by atomic mass is 32.2. The quantitative estimate of drug-likeness (QED) is 0.620. The topological polar surface area (TPSA) is 76.3 Å². The molecule has 2 rings (SSSR count). The van der Waals surface area contributed by atoms with Crippen molar-refractivity contribution in [1.29, 1.82) is 0 Å². The molecule has 7 heteroatoms. The van der Waals surface area contributed by atoms with Gasteiger partial charge in [-0.15, -0.1) is 0 Å². The second-order valence-corrected chi connectivity index (χ2v) is 5.37. The molecule has 0 amide bonds. The van der Waals surface area contributed by atoms with Crippen LogP contribution in [-0.4, -0.2) is 41.2 Å². The lowest BCUT2D eigenvalue weighted by Gasteiger charge is -2.34. The van der Waals surface area contributed by atoms with E-state index in [-0.39, 0.29) is 0 Å². The Labute approximate surface area is 111 Å². The summed E-state index contributed by atoms with van der Waals surface area (Å²) in [5, 5.41) is 0. The van der Waals surface area contributed by atoms with E-state index in [4.69, 9.17) is 10.6 Å². The van der Waals surface area contributed by atoms with Gasteiger partial charge in [-0.25, -0.2) is 15.8 Å². The summed E-state index contributed by atoms with van der Waals surface area (Å²) in [7, 11) is 1.63. The summed E-state index contributed by atoms with van der Waals surface area (Å²) in [6.07, 6.45) is 0. The van der Waals surface area contributed by atoms with Gasteiger partial charge in [0.2, 0.25) is 0 Å². The van der Waals surface area contributed by atoms with Crippen LogP contribution in [0.1, 0.15) is 12.7 Å². The first kappa shape index (κ1) is 13.4. The van der Waals surface area contributed by atoms with E-state index in [0.717, 1.165) is 23.9 Å². The zero-order valence-electron chi connectivity index (χ0n) is 10.7. The second kappa shape index (κ2) is 6.21. The smallest absolute Gasteiger partial charge is 0.158 e. The van der Waals surface area contributed by atoms with Gasteiger partial charge in [-0.1, -0.05) is 0 Å². The lowest BCUT2D eigenvalue weighted by molar-refractivity contribution is 0.178. The molecule has 0 saturated carbocycles. The Bertz CT molecular complexity index is 403. The van der Waals surface area contributed by atoms with Gasteiger partial charge < -0.3 is 15.1 Å². The van der Waals surface area contributed by atoms with Crippen LogP contribution >= 0.6 is 11.8 Å². The fraction of sp³-hybridized carbons (Fsp3) is 0.636. The highest BCUT2D eigenvalue weighted by Crippen LogP contribution is 2.23. The number of rotatable bonds is 4. The molecule has 18 heavy (non-hydrogen) atoms. The van der Waals surface area contributed by atoms with Crippen molar-refractivity contribution in [2.45, 2.75) is 19.6 Å². The minimum Gasteiger partial charge on any atom is -0.377 e. The Balaban J connectivity index is 2.27. The predicted octanol–water partition coefficient (Wildman–Crippen LogP) is 0.850. The summed E-state index contributed by atoms with van der Waals surface area (Å²) in [5.74, 6) is 9.87. The van der Waals surface area contributed by atoms with Crippen LogP contribution in [0.25, 0.3) is 0 Å². The third-order valence-corrected chi connectivity index (χ3v) is 4.03. The Morgan fingerprint density at radius 1 is 1.61 bits per heavy atom. The number of nitrogens with one attached hydrogen (secondary N) is 1. The number of ether oxygens (including phenoxy) is 1. The largest absolute Gasteiger partial charge is 0.377 e. The van der Waals surface area contributed by atoms with Crippen molar-refractivity contribution in [2.75, 3.05) is 35.5 Å². The van der Waals surface area contributed by atoms with Crippen molar-refractivity contribution in [3.05, 3.63) is 11.9 Å². The van der Waals surface area contributed by atoms with E-state index in [2.05, 4.69) is 27.2 Å². The molecule has 100 valence electrons. The Morgan fingerprint density at radius 3 is 3.11 bits per heavy atom. The average molecular weight is 269 g/mol. The maximum absolute atomic E-state index is 5.44. The molecular weight excluding hydrogens is 250 g/mol. The minimum atomic E-state index is 0.388. The van der Waals surface area contributed by atoms with E-state index in [1.165, 1.54) is 0 Å². The zero-order chi connectivity index (χ0) is 13.0. The van der Waals surface area contributed by atoms with E-state index < -0.39 is 0 Å². The first-order chi connectivity index (χ1) is 8.74. The molecule has 1 aromatic heterocycles. The van der Waals surface area contributed by atoms with Crippen molar-refractivity contribution in [2.24, 2.45) is 5.84 Å². The molecule has 0 bridgehead atoms. The van der Waals surface area contributed by atoms with Crippen molar-refractivity contribution >= 4 is 23.4 Å². The van der Waals surface area contributed by atoms with Gasteiger partial charge in [0.25, 0.3) is 0 Å². The fourth-order valence-electron chi connectivity index (χ4n) is 1.97. The summed E-state index contributed by atoms with van der Waals surface area (Å²) < 4.78 is 5.08. The highest BCUT2D eigenvalue weighted by Gasteiger charge is 2.21. The van der Waals surface area contributed by atoms with E-state index in [1.807, 2.05) is 17.8 Å². The Hall–Kier alpha value is -1.05. The number of hydrazine groups is 1. The van der Waals surface area contributed by atoms with E-state index in [9.17, 15) is 0 Å². The highest BCUT2D eigenvalue weighted by molar-refractivity contribution is 7.99. The number of thioether (sulfide) groups is 1. The van der Waals surface area contributed by atoms with Gasteiger partial charge in [0.05, 0.1) is 0 Å². The number of aromatic nitrogens is 2. The van der Waals surface area contributed by atoms with Crippen LogP contribution < -0.4 is 16.2 Å². The predicted molar refractivity (Wildman–Crippen MR) is 74.7 cm³/mol. The van der Waals surface area contributed by atoms with Crippen LogP contribution in [0.5, 0.6) is 0 Å². The fourth-order valence-corrected chi connectivity index (χ4v) is 2.98. The van der Waals surface area contributed by atoms with Crippen LogP contribution in [0, 0.1) is 0 Å². The number of hydrogen-bond acceptors (Lipinski definition) is 7. The van der Waals surface area contributed by atoms with Gasteiger partial charge in [-0.3, -0.25) is 0 Å². The SMILES string of the molecule is COCc1nc(NN)cc(N2CCSCC2C)n1. The molecule has 0 radical (unpaired) electrons. The maximum Gasteiger partial charge on any atom is 0.158 e. The lowest BCUT2D eigenvalue weighted by atomic mass is 10.3. The number of hydrogen-bond donors (Lipinski definition) is 2. The molecule has 0 aromatic carbocycles. The van der Waals surface area contributed by atoms with Crippen LogP contribution in [0.3, 0.4) is 0 Å². The summed E-state index contributed by atoms with van der Waals surface area (Å²) >= 11 is 1.98. The summed E-state index contributed by atoms with van der Waals surface area (Å²) in [4.78, 5) is 11.1. The normalized spacial score (nSPS) is 19.9. The third kappa shape index (κ3) is 3.04. The molecule has 1 fully saturated rings. The van der Waals surface area contributed by atoms with E-state index in [0.29, 0.717) is 24.3 Å². The maximum atomic E-state index is 5.44. The zero-order valence-corrected chi connectivity index (χ0v) is 11.5. The Morgan fingerprint density at radius 2 is 2.44 bits per heavy atom.